The largest absolute Gasteiger partial charge is 0.391 e. The molecule has 0 N–H and O–H groups in total. The number of halogens is 4. The van der Waals surface area contributed by atoms with Crippen molar-refractivity contribution in [3.8, 4) is 0 Å². The molecule has 2 rings (SSSR count). The van der Waals surface area contributed by atoms with Gasteiger partial charge in [-0.1, -0.05) is 42.5 Å². The van der Waals surface area contributed by atoms with Crippen molar-refractivity contribution < 1.29 is 25.8 Å². The molecule has 0 saturated carbocycles. The topological polar surface area (TPSA) is 43.4 Å². The van der Waals surface area contributed by atoms with Gasteiger partial charge in [0.2, 0.25) is 0 Å². The van der Waals surface area contributed by atoms with E-state index in [0.717, 1.165) is 0 Å². The second-order valence-electron chi connectivity index (χ2n) is 5.19. The Kier molecular flexibility index (Phi) is 5.92. The summed E-state index contributed by atoms with van der Waals surface area (Å²) < 4.78 is 68.2. The lowest BCUT2D eigenvalue weighted by Gasteiger charge is -2.20. The molecule has 0 bridgehead atoms. The molecule has 1 unspecified atom stereocenters. The number of benzene rings is 2. The van der Waals surface area contributed by atoms with Crippen LogP contribution in [-0.4, -0.2) is 14.6 Å². The molecule has 0 aliphatic heterocycles. The molecule has 0 aromatic heterocycles. The normalized spacial score (nSPS) is 13.4. The summed E-state index contributed by atoms with van der Waals surface area (Å²) in [4.78, 5) is -0.274. The smallest absolute Gasteiger partial charge is 0.258 e. The van der Waals surface area contributed by atoms with Crippen molar-refractivity contribution in [1.29, 1.82) is 0 Å². The molecule has 0 aliphatic rings. The van der Waals surface area contributed by atoms with Crippen LogP contribution in [0.3, 0.4) is 0 Å². The van der Waals surface area contributed by atoms with Gasteiger partial charge in [0.05, 0.1) is 11.3 Å². The lowest BCUT2D eigenvalue weighted by atomic mass is 10.0. The van der Waals surface area contributed by atoms with Gasteiger partial charge >= 0.3 is 6.18 Å². The highest BCUT2D eigenvalue weighted by Gasteiger charge is 2.36. The summed E-state index contributed by atoms with van der Waals surface area (Å²) in [6.45, 7) is 3.54. The molecular weight excluding hydrogens is 377 g/mol. The third-order valence-corrected chi connectivity index (χ3v) is 4.87. The molecule has 2 aromatic carbocycles. The molecule has 0 radical (unpaired) electrons. The van der Waals surface area contributed by atoms with E-state index in [4.69, 9.17) is 15.8 Å². The van der Waals surface area contributed by atoms with Gasteiger partial charge in [-0.25, -0.2) is 0 Å². The molecule has 134 valence electrons. The second kappa shape index (κ2) is 7.59. The van der Waals surface area contributed by atoms with E-state index in [1.807, 2.05) is 0 Å². The van der Waals surface area contributed by atoms with Gasteiger partial charge < -0.3 is 0 Å². The number of rotatable bonds is 6. The van der Waals surface area contributed by atoms with Gasteiger partial charge in [-0.15, -0.1) is 0 Å². The molecule has 2 aromatic rings. The first-order valence-electron chi connectivity index (χ1n) is 7.09. The molecule has 0 aliphatic carbocycles. The Morgan fingerprint density at radius 1 is 1.16 bits per heavy atom. The minimum atomic E-state index is -4.61. The molecule has 25 heavy (non-hydrogen) atoms. The third kappa shape index (κ3) is 5.59. The summed E-state index contributed by atoms with van der Waals surface area (Å²) in [5, 5.41) is 0.296. The standard InChI is InChI=1S/C17H14ClF3O3S/c1-2-12-4-3-5-13(10-12)16(11-17(19,20)21)24-25(22,23)15-8-6-14(18)7-9-15/h2-10,16H,1,11H2. The van der Waals surface area contributed by atoms with E-state index in [-0.39, 0.29) is 10.5 Å². The van der Waals surface area contributed by atoms with Crippen molar-refractivity contribution in [3.05, 3.63) is 71.3 Å². The maximum atomic E-state index is 12.9. The van der Waals surface area contributed by atoms with Crippen LogP contribution in [-0.2, 0) is 14.3 Å². The Hall–Kier alpha value is -1.83. The molecule has 1 atom stereocenters. The molecule has 0 saturated heterocycles. The fourth-order valence-corrected chi connectivity index (χ4v) is 3.31. The fraction of sp³-hybridized carbons (Fsp3) is 0.176. The highest BCUT2D eigenvalue weighted by Crippen LogP contribution is 2.35. The minimum absolute atomic E-state index is 0.0901. The van der Waals surface area contributed by atoms with E-state index in [9.17, 15) is 21.6 Å². The summed E-state index contributed by atoms with van der Waals surface area (Å²) in [6, 6.07) is 10.9. The molecule has 0 heterocycles. The summed E-state index contributed by atoms with van der Waals surface area (Å²) in [5.74, 6) is 0. The predicted octanol–water partition coefficient (Wildman–Crippen LogP) is 5.38. The van der Waals surface area contributed by atoms with Crippen LogP contribution in [0.5, 0.6) is 0 Å². The minimum Gasteiger partial charge on any atom is -0.258 e. The molecule has 0 amide bonds. The van der Waals surface area contributed by atoms with E-state index in [1.54, 1.807) is 6.07 Å². The van der Waals surface area contributed by atoms with E-state index in [1.165, 1.54) is 48.5 Å². The van der Waals surface area contributed by atoms with Crippen LogP contribution >= 0.6 is 11.6 Å². The van der Waals surface area contributed by atoms with Gasteiger partial charge in [-0.05, 0) is 41.5 Å². The van der Waals surface area contributed by atoms with Gasteiger partial charge in [0, 0.05) is 5.02 Å². The zero-order valence-corrected chi connectivity index (χ0v) is 14.4. The first-order valence-corrected chi connectivity index (χ1v) is 8.87. The van der Waals surface area contributed by atoms with Crippen molar-refractivity contribution in [2.24, 2.45) is 0 Å². The monoisotopic (exact) mass is 390 g/mol. The number of alkyl halides is 3. The van der Waals surface area contributed by atoms with Crippen molar-refractivity contribution >= 4 is 27.8 Å². The molecule has 8 heteroatoms. The van der Waals surface area contributed by atoms with Crippen molar-refractivity contribution in [2.45, 2.75) is 23.6 Å². The van der Waals surface area contributed by atoms with Crippen molar-refractivity contribution in [3.63, 3.8) is 0 Å². The Morgan fingerprint density at radius 3 is 2.36 bits per heavy atom. The van der Waals surface area contributed by atoms with Gasteiger partial charge in [0.15, 0.2) is 0 Å². The van der Waals surface area contributed by atoms with E-state index in [2.05, 4.69) is 6.58 Å². The Balaban J connectivity index is 2.38. The first-order chi connectivity index (χ1) is 11.6. The first kappa shape index (κ1) is 19.5. The van der Waals surface area contributed by atoms with Crippen molar-refractivity contribution in [2.75, 3.05) is 0 Å². The Bertz CT molecular complexity index is 846. The zero-order chi connectivity index (χ0) is 18.7. The Morgan fingerprint density at radius 2 is 1.80 bits per heavy atom. The van der Waals surface area contributed by atoms with Crippen LogP contribution in [0.4, 0.5) is 13.2 Å². The highest BCUT2D eigenvalue weighted by molar-refractivity contribution is 7.86. The zero-order valence-electron chi connectivity index (χ0n) is 12.8. The van der Waals surface area contributed by atoms with E-state index < -0.39 is 28.8 Å². The predicted molar refractivity (Wildman–Crippen MR) is 89.7 cm³/mol. The lowest BCUT2D eigenvalue weighted by Crippen LogP contribution is -2.19. The van der Waals surface area contributed by atoms with Crippen molar-refractivity contribution in [1.82, 2.24) is 0 Å². The van der Waals surface area contributed by atoms with Gasteiger partial charge in [-0.2, -0.15) is 21.6 Å². The van der Waals surface area contributed by atoms with Crippen LogP contribution in [0.25, 0.3) is 6.08 Å². The van der Waals surface area contributed by atoms with E-state index >= 15 is 0 Å². The average molecular weight is 391 g/mol. The van der Waals surface area contributed by atoms with Crippen LogP contribution < -0.4 is 0 Å². The summed E-state index contributed by atoms with van der Waals surface area (Å²) in [6.07, 6.45) is -6.31. The maximum absolute atomic E-state index is 12.9. The molecule has 0 fully saturated rings. The lowest BCUT2D eigenvalue weighted by molar-refractivity contribution is -0.150. The van der Waals surface area contributed by atoms with Gasteiger partial charge in [0.25, 0.3) is 10.1 Å². The van der Waals surface area contributed by atoms with E-state index in [0.29, 0.717) is 10.6 Å². The SMILES string of the molecule is C=Cc1cccc(C(CC(F)(F)F)OS(=O)(=O)c2ccc(Cl)cc2)c1. The van der Waals surface area contributed by atoms with Crippen LogP contribution in [0, 0.1) is 0 Å². The second-order valence-corrected chi connectivity index (χ2v) is 7.19. The van der Waals surface area contributed by atoms with Crippen LogP contribution in [0.1, 0.15) is 23.7 Å². The summed E-state index contributed by atoms with van der Waals surface area (Å²) >= 11 is 5.69. The maximum Gasteiger partial charge on any atom is 0.391 e. The molecule has 0 spiro atoms. The van der Waals surface area contributed by atoms with Gasteiger partial charge in [0.1, 0.15) is 6.10 Å². The fourth-order valence-electron chi connectivity index (χ4n) is 2.11. The van der Waals surface area contributed by atoms with Crippen LogP contribution in [0.2, 0.25) is 5.02 Å². The third-order valence-electron chi connectivity index (χ3n) is 3.28. The number of hydrogen-bond donors (Lipinski definition) is 0. The highest BCUT2D eigenvalue weighted by atomic mass is 35.5. The van der Waals surface area contributed by atoms with Crippen LogP contribution in [0.15, 0.2) is 60.0 Å². The Labute approximate surface area is 148 Å². The quantitative estimate of drug-likeness (QED) is 0.622. The summed E-state index contributed by atoms with van der Waals surface area (Å²) in [5.41, 5.74) is 0.643. The summed E-state index contributed by atoms with van der Waals surface area (Å²) in [7, 11) is -4.40. The number of hydrogen-bond acceptors (Lipinski definition) is 3. The van der Waals surface area contributed by atoms with Gasteiger partial charge in [-0.3, -0.25) is 4.18 Å². The molecular formula is C17H14ClF3O3S. The average Bonchev–Trinajstić information content (AvgIpc) is 2.53. The molecule has 3 nitrogen and oxygen atoms in total.